The zero-order chi connectivity index (χ0) is 22.2. The van der Waals surface area contributed by atoms with E-state index in [1.807, 2.05) is 18.2 Å². The maximum Gasteiger partial charge on any atom is 0.138 e. The molecule has 1 aliphatic rings. The molecule has 0 radical (unpaired) electrons. The van der Waals surface area contributed by atoms with E-state index in [4.69, 9.17) is 4.74 Å². The highest BCUT2D eigenvalue weighted by Crippen LogP contribution is 2.31. The van der Waals surface area contributed by atoms with Crippen LogP contribution in [0.15, 0.2) is 36.8 Å². The summed E-state index contributed by atoms with van der Waals surface area (Å²) in [5.74, 6) is 6.29. The van der Waals surface area contributed by atoms with E-state index in [1.165, 1.54) is 6.20 Å². The number of ether oxygens (including phenoxy) is 1. The van der Waals surface area contributed by atoms with Gasteiger partial charge in [-0.05, 0) is 47.4 Å². The number of hydrogen-bond donors (Lipinski definition) is 1. The Labute approximate surface area is 181 Å². The molecule has 162 valence electrons. The lowest BCUT2D eigenvalue weighted by Crippen LogP contribution is -2.40. The maximum absolute atomic E-state index is 12.1. The molecule has 3 aromatic rings. The molecule has 1 saturated heterocycles. The van der Waals surface area contributed by atoms with E-state index in [2.05, 4.69) is 26.9 Å². The van der Waals surface area contributed by atoms with Crippen LogP contribution < -0.4 is 9.64 Å². The molecular formula is C22H25N5O3S. The highest BCUT2D eigenvalue weighted by Gasteiger charge is 2.20. The van der Waals surface area contributed by atoms with E-state index in [1.54, 1.807) is 30.8 Å². The topological polar surface area (TPSA) is 104 Å². The van der Waals surface area contributed by atoms with Crippen molar-refractivity contribution in [3.63, 3.8) is 0 Å². The van der Waals surface area contributed by atoms with Gasteiger partial charge in [-0.2, -0.15) is 10.4 Å². The summed E-state index contributed by atoms with van der Waals surface area (Å²) in [5, 5.41) is 23.8. The third kappa shape index (κ3) is 4.65. The molecule has 0 spiro atoms. The highest BCUT2D eigenvalue weighted by atomic mass is 32.2. The first kappa shape index (κ1) is 21.2. The van der Waals surface area contributed by atoms with Crippen molar-refractivity contribution in [1.29, 1.82) is 5.26 Å². The fourth-order valence-corrected chi connectivity index (χ4v) is 4.78. The fourth-order valence-electron chi connectivity index (χ4n) is 3.47. The van der Waals surface area contributed by atoms with E-state index < -0.39 is 15.1 Å². The van der Waals surface area contributed by atoms with Crippen molar-refractivity contribution in [2.45, 2.75) is 19.4 Å². The Morgan fingerprint density at radius 2 is 2.06 bits per heavy atom. The highest BCUT2D eigenvalue weighted by molar-refractivity contribution is 8.00. The number of pyridine rings is 2. The Morgan fingerprint density at radius 3 is 2.68 bits per heavy atom. The minimum Gasteiger partial charge on any atom is -0.489 e. The molecule has 0 aromatic carbocycles. The molecule has 1 aliphatic heterocycles. The minimum atomic E-state index is -1.96. The van der Waals surface area contributed by atoms with Crippen molar-refractivity contribution in [3.05, 3.63) is 42.4 Å². The molecule has 0 atom stereocenters. The van der Waals surface area contributed by atoms with Crippen LogP contribution in [-0.2, 0) is 9.52 Å². The van der Waals surface area contributed by atoms with Crippen molar-refractivity contribution in [2.24, 2.45) is 0 Å². The Hall–Kier alpha value is -3.09. The van der Waals surface area contributed by atoms with Gasteiger partial charge >= 0.3 is 0 Å². The lowest BCUT2D eigenvalue weighted by atomic mass is 10.1. The zero-order valence-electron chi connectivity index (χ0n) is 17.6. The molecule has 8 nitrogen and oxygen atoms in total. The molecule has 1 N–H and O–H groups in total. The van der Waals surface area contributed by atoms with Crippen molar-refractivity contribution >= 4 is 26.7 Å². The van der Waals surface area contributed by atoms with Gasteiger partial charge in [0.15, 0.2) is 0 Å². The monoisotopic (exact) mass is 439 g/mol. The van der Waals surface area contributed by atoms with Crippen molar-refractivity contribution < 1.29 is 14.1 Å². The van der Waals surface area contributed by atoms with Crippen molar-refractivity contribution in [3.8, 4) is 22.9 Å². The average Bonchev–Trinajstić information content (AvgIpc) is 3.14. The van der Waals surface area contributed by atoms with Gasteiger partial charge < -0.3 is 14.7 Å². The van der Waals surface area contributed by atoms with Crippen LogP contribution in [-0.4, -0.2) is 66.6 Å². The SMILES string of the molecule is C=S1(=O)CCN(c2ccc(-c3cc(OCC(C)(C)O)cn4ncc(C#N)c34)cn2)CC1. The van der Waals surface area contributed by atoms with Crippen LogP contribution in [0.25, 0.3) is 16.6 Å². The second-order valence-electron chi connectivity index (χ2n) is 8.42. The Morgan fingerprint density at radius 1 is 1.32 bits per heavy atom. The van der Waals surface area contributed by atoms with Crippen molar-refractivity contribution in [2.75, 3.05) is 36.1 Å². The third-order valence-corrected chi connectivity index (χ3v) is 7.00. The molecule has 9 heteroatoms. The Kier molecular flexibility index (Phi) is 5.37. The van der Waals surface area contributed by atoms with Gasteiger partial charge in [-0.1, -0.05) is 0 Å². The summed E-state index contributed by atoms with van der Waals surface area (Å²) in [6, 6.07) is 7.88. The van der Waals surface area contributed by atoms with Gasteiger partial charge in [0.1, 0.15) is 24.2 Å². The van der Waals surface area contributed by atoms with Crippen LogP contribution in [0.2, 0.25) is 0 Å². The van der Waals surface area contributed by atoms with E-state index >= 15 is 0 Å². The molecule has 1 fully saturated rings. The second-order valence-corrected chi connectivity index (χ2v) is 11.2. The normalized spacial score (nSPS) is 16.3. The van der Waals surface area contributed by atoms with Crippen LogP contribution in [0.5, 0.6) is 5.75 Å². The predicted molar refractivity (Wildman–Crippen MR) is 122 cm³/mol. The molecular weight excluding hydrogens is 414 g/mol. The predicted octanol–water partition coefficient (Wildman–Crippen LogP) is 1.95. The van der Waals surface area contributed by atoms with Crippen LogP contribution in [0.4, 0.5) is 5.82 Å². The molecule has 0 bridgehead atoms. The van der Waals surface area contributed by atoms with Crippen LogP contribution in [0, 0.1) is 11.3 Å². The number of aliphatic hydroxyl groups is 1. The van der Waals surface area contributed by atoms with Gasteiger partial charge in [0, 0.05) is 41.9 Å². The van der Waals surface area contributed by atoms with Gasteiger partial charge in [0.25, 0.3) is 0 Å². The number of nitriles is 1. The lowest BCUT2D eigenvalue weighted by Gasteiger charge is -2.29. The summed E-state index contributed by atoms with van der Waals surface area (Å²) in [5.41, 5.74) is 1.72. The van der Waals surface area contributed by atoms with E-state index in [-0.39, 0.29) is 6.61 Å². The zero-order valence-corrected chi connectivity index (χ0v) is 18.4. The Bertz CT molecular complexity index is 1240. The van der Waals surface area contributed by atoms with Gasteiger partial charge in [-0.25, -0.2) is 9.50 Å². The van der Waals surface area contributed by atoms with Gasteiger partial charge in [-0.3, -0.25) is 4.21 Å². The fraction of sp³-hybridized carbons (Fsp3) is 0.364. The molecule has 0 saturated carbocycles. The summed E-state index contributed by atoms with van der Waals surface area (Å²) in [6.07, 6.45) is 4.97. The number of nitrogens with zero attached hydrogens (tertiary/aromatic N) is 5. The Balaban J connectivity index is 1.69. The molecule has 0 aliphatic carbocycles. The van der Waals surface area contributed by atoms with Crippen molar-refractivity contribution in [1.82, 2.24) is 14.6 Å². The summed E-state index contributed by atoms with van der Waals surface area (Å²) in [7, 11) is -1.96. The molecule has 4 rings (SSSR count). The second kappa shape index (κ2) is 7.87. The van der Waals surface area contributed by atoms with Gasteiger partial charge in [0.2, 0.25) is 0 Å². The van der Waals surface area contributed by atoms with Crippen LogP contribution >= 0.6 is 0 Å². The summed E-state index contributed by atoms with van der Waals surface area (Å²) in [4.78, 5) is 6.71. The summed E-state index contributed by atoms with van der Waals surface area (Å²) < 4.78 is 19.5. The van der Waals surface area contributed by atoms with E-state index in [9.17, 15) is 14.6 Å². The first-order chi connectivity index (χ1) is 14.6. The van der Waals surface area contributed by atoms with E-state index in [0.29, 0.717) is 41.4 Å². The lowest BCUT2D eigenvalue weighted by molar-refractivity contribution is 0.0283. The van der Waals surface area contributed by atoms with Gasteiger partial charge in [-0.15, -0.1) is 0 Å². The average molecular weight is 440 g/mol. The molecule has 4 heterocycles. The largest absolute Gasteiger partial charge is 0.489 e. The maximum atomic E-state index is 12.1. The number of fused-ring (bicyclic) bond motifs is 1. The molecule has 0 amide bonds. The van der Waals surface area contributed by atoms with Crippen LogP contribution in [0.3, 0.4) is 0 Å². The standard InChI is InChI=1S/C22H25N5O3S/c1-22(2,28)15-30-18-10-19(21-17(11-23)13-25-27(21)14-18)16-4-5-20(24-12-16)26-6-8-31(3,29)9-7-26/h4-5,10,12-14,28H,3,6-9,15H2,1-2H3. The van der Waals surface area contributed by atoms with E-state index in [0.717, 1.165) is 16.9 Å². The number of anilines is 1. The molecule has 3 aromatic heterocycles. The number of aromatic nitrogens is 3. The first-order valence-electron chi connectivity index (χ1n) is 9.96. The van der Waals surface area contributed by atoms with Gasteiger partial charge in [0.05, 0.1) is 29.1 Å². The van der Waals surface area contributed by atoms with Crippen LogP contribution in [0.1, 0.15) is 19.4 Å². The molecule has 31 heavy (non-hydrogen) atoms. The first-order valence-corrected chi connectivity index (χ1v) is 12.0. The number of rotatable bonds is 5. The number of hydrogen-bond acceptors (Lipinski definition) is 7. The minimum absolute atomic E-state index is 0.117. The quantitative estimate of drug-likeness (QED) is 0.606. The molecule has 0 unspecified atom stereocenters. The smallest absolute Gasteiger partial charge is 0.138 e. The third-order valence-electron chi connectivity index (χ3n) is 5.15. The summed E-state index contributed by atoms with van der Waals surface area (Å²) >= 11 is 0. The summed E-state index contributed by atoms with van der Waals surface area (Å²) in [6.45, 7) is 4.79.